The first-order valence-electron chi connectivity index (χ1n) is 5.57. The van der Waals surface area contributed by atoms with Crippen LogP contribution in [0.4, 0.5) is 0 Å². The molecule has 1 fully saturated rings. The molecule has 0 radical (unpaired) electrons. The highest BCUT2D eigenvalue weighted by Crippen LogP contribution is 2.16. The molecule has 2 N–H and O–H groups in total. The summed E-state index contributed by atoms with van der Waals surface area (Å²) in [5.74, 6) is -0.110. The van der Waals surface area contributed by atoms with Gasteiger partial charge in [0.2, 0.25) is 5.91 Å². The topological polar surface area (TPSA) is 89.3 Å². The molecule has 7 nitrogen and oxygen atoms in total. The van der Waals surface area contributed by atoms with Gasteiger partial charge in [0.15, 0.2) is 0 Å². The Bertz CT molecular complexity index is 360. The molecule has 1 unspecified atom stereocenters. The number of hydrogen-bond donors (Lipinski definition) is 2. The third-order valence-corrected chi connectivity index (χ3v) is 2.73. The molecule has 1 aromatic rings. The first-order chi connectivity index (χ1) is 8.18. The maximum atomic E-state index is 11.5. The number of carbonyl (C=O) groups is 1. The molecule has 94 valence electrons. The lowest BCUT2D eigenvalue weighted by molar-refractivity contribution is -0.122. The number of aryl methyl sites for hydroxylation is 1. The van der Waals surface area contributed by atoms with Gasteiger partial charge in [0.05, 0.1) is 13.2 Å². The van der Waals surface area contributed by atoms with E-state index in [1.165, 1.54) is 6.33 Å². The van der Waals surface area contributed by atoms with Crippen molar-refractivity contribution in [2.24, 2.45) is 0 Å². The van der Waals surface area contributed by atoms with Crippen LogP contribution in [0.25, 0.3) is 0 Å². The second-order valence-corrected chi connectivity index (χ2v) is 4.21. The SMILES string of the molecule is O=C(CCn1cncn1)NCC1(O)CCOC1. The molecule has 1 aliphatic rings. The van der Waals surface area contributed by atoms with Crippen molar-refractivity contribution in [1.82, 2.24) is 20.1 Å². The quantitative estimate of drug-likeness (QED) is 0.684. The normalized spacial score (nSPS) is 23.8. The molecule has 1 aliphatic heterocycles. The lowest BCUT2D eigenvalue weighted by Crippen LogP contribution is -2.43. The van der Waals surface area contributed by atoms with Gasteiger partial charge in [-0.15, -0.1) is 0 Å². The predicted molar refractivity (Wildman–Crippen MR) is 58.0 cm³/mol. The Balaban J connectivity index is 1.67. The van der Waals surface area contributed by atoms with E-state index < -0.39 is 5.60 Å². The Morgan fingerprint density at radius 2 is 2.53 bits per heavy atom. The lowest BCUT2D eigenvalue weighted by Gasteiger charge is -2.20. The molecule has 1 saturated heterocycles. The first kappa shape index (κ1) is 12.0. The first-order valence-corrected chi connectivity index (χ1v) is 5.57. The van der Waals surface area contributed by atoms with Crippen molar-refractivity contribution in [3.63, 3.8) is 0 Å². The van der Waals surface area contributed by atoms with Crippen LogP contribution in [0.2, 0.25) is 0 Å². The number of nitrogens with zero attached hydrogens (tertiary/aromatic N) is 3. The van der Waals surface area contributed by atoms with Gasteiger partial charge in [0.1, 0.15) is 18.3 Å². The van der Waals surface area contributed by atoms with Gasteiger partial charge in [-0.25, -0.2) is 4.98 Å². The fourth-order valence-corrected chi connectivity index (χ4v) is 1.65. The minimum atomic E-state index is -0.900. The number of carbonyl (C=O) groups excluding carboxylic acids is 1. The number of aliphatic hydroxyl groups is 1. The van der Waals surface area contributed by atoms with Crippen molar-refractivity contribution >= 4 is 5.91 Å². The average Bonchev–Trinajstić information content (AvgIpc) is 2.95. The Morgan fingerprint density at radius 1 is 1.65 bits per heavy atom. The zero-order valence-electron chi connectivity index (χ0n) is 9.50. The minimum Gasteiger partial charge on any atom is -0.386 e. The van der Waals surface area contributed by atoms with Crippen LogP contribution >= 0.6 is 0 Å². The molecule has 7 heteroatoms. The Hall–Kier alpha value is -1.47. The van der Waals surface area contributed by atoms with E-state index in [1.54, 1.807) is 11.0 Å². The molecular formula is C10H16N4O3. The van der Waals surface area contributed by atoms with E-state index in [0.29, 0.717) is 26.0 Å². The molecule has 17 heavy (non-hydrogen) atoms. The molecule has 1 aromatic heterocycles. The fraction of sp³-hybridized carbons (Fsp3) is 0.700. The van der Waals surface area contributed by atoms with Crippen molar-refractivity contribution in [3.05, 3.63) is 12.7 Å². The van der Waals surface area contributed by atoms with Crippen molar-refractivity contribution in [1.29, 1.82) is 0 Å². The number of ether oxygens (including phenoxy) is 1. The van der Waals surface area contributed by atoms with E-state index in [0.717, 1.165) is 0 Å². The number of hydrogen-bond acceptors (Lipinski definition) is 5. The molecule has 0 spiro atoms. The van der Waals surface area contributed by atoms with Gasteiger partial charge < -0.3 is 15.2 Å². The third kappa shape index (κ3) is 3.50. The number of aromatic nitrogens is 3. The van der Waals surface area contributed by atoms with E-state index in [1.807, 2.05) is 0 Å². The molecule has 1 atom stereocenters. The smallest absolute Gasteiger partial charge is 0.221 e. The van der Waals surface area contributed by atoms with E-state index in [-0.39, 0.29) is 19.1 Å². The van der Waals surface area contributed by atoms with Crippen LogP contribution in [0.5, 0.6) is 0 Å². The fourth-order valence-electron chi connectivity index (χ4n) is 1.65. The van der Waals surface area contributed by atoms with E-state index in [4.69, 9.17) is 4.74 Å². The molecule has 0 saturated carbocycles. The maximum absolute atomic E-state index is 11.5. The zero-order chi connectivity index (χ0) is 12.1. The molecule has 1 amide bonds. The Kier molecular flexibility index (Phi) is 3.70. The second kappa shape index (κ2) is 5.24. The number of rotatable bonds is 5. The van der Waals surface area contributed by atoms with Gasteiger partial charge in [-0.1, -0.05) is 0 Å². The summed E-state index contributed by atoms with van der Waals surface area (Å²) in [6.07, 6.45) is 3.87. The molecule has 0 aromatic carbocycles. The summed E-state index contributed by atoms with van der Waals surface area (Å²) >= 11 is 0. The van der Waals surface area contributed by atoms with E-state index in [2.05, 4.69) is 15.4 Å². The van der Waals surface area contributed by atoms with Crippen LogP contribution in [0.1, 0.15) is 12.8 Å². The van der Waals surface area contributed by atoms with E-state index >= 15 is 0 Å². The summed E-state index contributed by atoms with van der Waals surface area (Å²) in [7, 11) is 0. The van der Waals surface area contributed by atoms with Gasteiger partial charge in [-0.3, -0.25) is 9.48 Å². The van der Waals surface area contributed by atoms with Gasteiger partial charge in [-0.2, -0.15) is 5.10 Å². The third-order valence-electron chi connectivity index (χ3n) is 2.73. The van der Waals surface area contributed by atoms with Crippen molar-refractivity contribution in [2.45, 2.75) is 25.0 Å². The lowest BCUT2D eigenvalue weighted by atomic mass is 10.0. The standard InChI is InChI=1S/C10H16N4O3/c15-9(1-3-14-8-11-7-13-14)12-5-10(16)2-4-17-6-10/h7-8,16H,1-6H2,(H,12,15). The highest BCUT2D eigenvalue weighted by atomic mass is 16.5. The summed E-state index contributed by atoms with van der Waals surface area (Å²) in [4.78, 5) is 15.3. The monoisotopic (exact) mass is 240 g/mol. The minimum absolute atomic E-state index is 0.110. The largest absolute Gasteiger partial charge is 0.386 e. The summed E-state index contributed by atoms with van der Waals surface area (Å²) in [6.45, 7) is 1.56. The Morgan fingerprint density at radius 3 is 3.18 bits per heavy atom. The van der Waals surface area contributed by atoms with Crippen LogP contribution in [0.15, 0.2) is 12.7 Å². The highest BCUT2D eigenvalue weighted by molar-refractivity contribution is 5.75. The molecule has 0 aliphatic carbocycles. The summed E-state index contributed by atoms with van der Waals surface area (Å²) in [5.41, 5.74) is -0.900. The van der Waals surface area contributed by atoms with Gasteiger partial charge >= 0.3 is 0 Å². The van der Waals surface area contributed by atoms with Crippen molar-refractivity contribution in [3.8, 4) is 0 Å². The maximum Gasteiger partial charge on any atom is 0.221 e. The second-order valence-electron chi connectivity index (χ2n) is 4.21. The Labute approximate surface area is 98.8 Å². The van der Waals surface area contributed by atoms with E-state index in [9.17, 15) is 9.90 Å². The number of nitrogens with one attached hydrogen (secondary N) is 1. The summed E-state index contributed by atoms with van der Waals surface area (Å²) < 4.78 is 6.68. The van der Waals surface area contributed by atoms with Crippen LogP contribution < -0.4 is 5.32 Å². The number of amides is 1. The van der Waals surface area contributed by atoms with Crippen LogP contribution in [0.3, 0.4) is 0 Å². The van der Waals surface area contributed by atoms with Crippen LogP contribution in [-0.2, 0) is 16.1 Å². The van der Waals surface area contributed by atoms with Crippen LogP contribution in [0, 0.1) is 0 Å². The molecule has 2 rings (SSSR count). The molecular weight excluding hydrogens is 224 g/mol. The van der Waals surface area contributed by atoms with Gasteiger partial charge in [0.25, 0.3) is 0 Å². The zero-order valence-corrected chi connectivity index (χ0v) is 9.50. The van der Waals surface area contributed by atoms with Crippen molar-refractivity contribution < 1.29 is 14.6 Å². The summed E-state index contributed by atoms with van der Waals surface area (Å²) in [5, 5.41) is 16.5. The van der Waals surface area contributed by atoms with Crippen molar-refractivity contribution in [2.75, 3.05) is 19.8 Å². The van der Waals surface area contributed by atoms with Gasteiger partial charge in [-0.05, 0) is 0 Å². The van der Waals surface area contributed by atoms with Crippen LogP contribution in [-0.4, -0.2) is 51.1 Å². The highest BCUT2D eigenvalue weighted by Gasteiger charge is 2.32. The molecule has 2 heterocycles. The average molecular weight is 240 g/mol. The van der Waals surface area contributed by atoms with Gasteiger partial charge in [0, 0.05) is 26.0 Å². The predicted octanol–water partition coefficient (Wildman–Crippen LogP) is -1.06. The summed E-state index contributed by atoms with van der Waals surface area (Å²) in [6, 6.07) is 0. The molecule has 0 bridgehead atoms.